The van der Waals surface area contributed by atoms with Gasteiger partial charge in [0.05, 0.1) is 0 Å². The number of rotatable bonds is 4. The summed E-state index contributed by atoms with van der Waals surface area (Å²) in [6, 6.07) is 0. The summed E-state index contributed by atoms with van der Waals surface area (Å²) in [5.41, 5.74) is 0. The first kappa shape index (κ1) is 9.74. The van der Waals surface area contributed by atoms with Gasteiger partial charge in [0.25, 0.3) is 0 Å². The molecule has 0 spiro atoms. The van der Waals surface area contributed by atoms with Crippen molar-refractivity contribution in [3.8, 4) is 0 Å². The molecule has 0 amide bonds. The molecule has 1 atom stereocenters. The maximum Gasteiger partial charge on any atom is -0.0260 e. The quantitative estimate of drug-likeness (QED) is 0.523. The summed E-state index contributed by atoms with van der Waals surface area (Å²) in [4.78, 5) is 0. The Morgan fingerprint density at radius 1 is 1.20 bits per heavy atom. The molecule has 0 aromatic carbocycles. The first-order chi connectivity index (χ1) is 4.66. The Labute approximate surface area is 65.3 Å². The molecule has 0 N–H and O–H groups in total. The Morgan fingerprint density at radius 2 is 1.80 bits per heavy atom. The average molecular weight is 140 g/mol. The summed E-state index contributed by atoms with van der Waals surface area (Å²) in [7, 11) is 0. The van der Waals surface area contributed by atoms with Crippen molar-refractivity contribution in [3.63, 3.8) is 0 Å². The summed E-state index contributed by atoms with van der Waals surface area (Å²) >= 11 is 0. The van der Waals surface area contributed by atoms with E-state index in [1.807, 2.05) is 0 Å². The van der Waals surface area contributed by atoms with Crippen molar-refractivity contribution in [1.82, 2.24) is 0 Å². The van der Waals surface area contributed by atoms with Crippen LogP contribution in [0.2, 0.25) is 0 Å². The van der Waals surface area contributed by atoms with E-state index in [1.165, 1.54) is 12.8 Å². The van der Waals surface area contributed by atoms with Gasteiger partial charge in [-0.25, -0.2) is 0 Å². The van der Waals surface area contributed by atoms with Gasteiger partial charge in [0.15, 0.2) is 0 Å². The standard InChI is InChI=1S/C10H20/c1-5-6-7-10(4)8-9(2)3/h6-7,9-10H,5,8H2,1-4H3/b7-6+/t10-/m0/s1. The van der Waals surface area contributed by atoms with Crippen LogP contribution in [-0.4, -0.2) is 0 Å². The van der Waals surface area contributed by atoms with Crippen molar-refractivity contribution < 1.29 is 0 Å². The lowest BCUT2D eigenvalue weighted by molar-refractivity contribution is 0.502. The van der Waals surface area contributed by atoms with E-state index in [0.717, 1.165) is 11.8 Å². The van der Waals surface area contributed by atoms with E-state index in [0.29, 0.717) is 0 Å². The molecule has 0 aliphatic rings. The van der Waals surface area contributed by atoms with Crippen LogP contribution in [0.5, 0.6) is 0 Å². The highest BCUT2D eigenvalue weighted by molar-refractivity contribution is 4.85. The van der Waals surface area contributed by atoms with E-state index in [4.69, 9.17) is 0 Å². The monoisotopic (exact) mass is 140 g/mol. The SMILES string of the molecule is CC/C=C/[C@H](C)CC(C)C. The van der Waals surface area contributed by atoms with E-state index < -0.39 is 0 Å². The van der Waals surface area contributed by atoms with E-state index in [2.05, 4.69) is 39.8 Å². The zero-order valence-electron chi connectivity index (χ0n) is 7.72. The van der Waals surface area contributed by atoms with Gasteiger partial charge in [-0.05, 0) is 24.7 Å². The number of hydrogen-bond acceptors (Lipinski definition) is 0. The van der Waals surface area contributed by atoms with Crippen molar-refractivity contribution >= 4 is 0 Å². The molecule has 0 saturated carbocycles. The highest BCUT2D eigenvalue weighted by atomic mass is 14.0. The van der Waals surface area contributed by atoms with Crippen molar-refractivity contribution in [2.24, 2.45) is 11.8 Å². The molecule has 0 saturated heterocycles. The molecule has 0 nitrogen and oxygen atoms in total. The Balaban J connectivity index is 3.42. The van der Waals surface area contributed by atoms with Gasteiger partial charge in [0.1, 0.15) is 0 Å². The zero-order chi connectivity index (χ0) is 7.98. The van der Waals surface area contributed by atoms with Crippen LogP contribution >= 0.6 is 0 Å². The van der Waals surface area contributed by atoms with Gasteiger partial charge in [-0.1, -0.05) is 39.8 Å². The van der Waals surface area contributed by atoms with Gasteiger partial charge < -0.3 is 0 Å². The van der Waals surface area contributed by atoms with Crippen LogP contribution in [0, 0.1) is 11.8 Å². The van der Waals surface area contributed by atoms with Crippen LogP contribution in [0.3, 0.4) is 0 Å². The van der Waals surface area contributed by atoms with Gasteiger partial charge in [-0.15, -0.1) is 0 Å². The summed E-state index contributed by atoms with van der Waals surface area (Å²) in [5, 5.41) is 0. The molecular weight excluding hydrogens is 120 g/mol. The highest BCUT2D eigenvalue weighted by Crippen LogP contribution is 2.11. The second-order valence-corrected chi connectivity index (χ2v) is 3.44. The lowest BCUT2D eigenvalue weighted by atomic mass is 9.98. The average Bonchev–Trinajstić information content (AvgIpc) is 1.82. The van der Waals surface area contributed by atoms with Crippen LogP contribution in [-0.2, 0) is 0 Å². The molecule has 0 aliphatic carbocycles. The molecule has 0 heteroatoms. The molecule has 0 bridgehead atoms. The van der Waals surface area contributed by atoms with Crippen molar-refractivity contribution in [2.75, 3.05) is 0 Å². The molecular formula is C10H20. The first-order valence-corrected chi connectivity index (χ1v) is 4.33. The maximum atomic E-state index is 2.32. The van der Waals surface area contributed by atoms with Gasteiger partial charge in [0, 0.05) is 0 Å². The minimum absolute atomic E-state index is 0.764. The van der Waals surface area contributed by atoms with Crippen molar-refractivity contribution in [2.45, 2.75) is 40.5 Å². The topological polar surface area (TPSA) is 0 Å². The highest BCUT2D eigenvalue weighted by Gasteiger charge is 1.99. The Hall–Kier alpha value is -0.260. The Kier molecular flexibility index (Phi) is 5.38. The summed E-state index contributed by atoms with van der Waals surface area (Å²) in [5.74, 6) is 1.59. The van der Waals surface area contributed by atoms with Crippen LogP contribution < -0.4 is 0 Å². The van der Waals surface area contributed by atoms with Crippen molar-refractivity contribution in [3.05, 3.63) is 12.2 Å². The number of hydrogen-bond donors (Lipinski definition) is 0. The number of allylic oxidation sites excluding steroid dienone is 2. The van der Waals surface area contributed by atoms with E-state index in [1.54, 1.807) is 0 Å². The molecule has 0 aromatic heterocycles. The second kappa shape index (κ2) is 5.52. The fourth-order valence-corrected chi connectivity index (χ4v) is 1.19. The van der Waals surface area contributed by atoms with E-state index in [-0.39, 0.29) is 0 Å². The Bertz CT molecular complexity index is 90.2. The molecule has 0 heterocycles. The molecule has 0 aliphatic heterocycles. The molecule has 0 unspecified atom stereocenters. The minimum Gasteiger partial charge on any atom is -0.0885 e. The fraction of sp³-hybridized carbons (Fsp3) is 0.800. The Morgan fingerprint density at radius 3 is 2.20 bits per heavy atom. The molecule has 0 aromatic rings. The van der Waals surface area contributed by atoms with Gasteiger partial charge in [-0.2, -0.15) is 0 Å². The lowest BCUT2D eigenvalue weighted by Crippen LogP contribution is -1.95. The second-order valence-electron chi connectivity index (χ2n) is 3.44. The predicted octanol–water partition coefficient (Wildman–Crippen LogP) is 3.63. The minimum atomic E-state index is 0.764. The van der Waals surface area contributed by atoms with Gasteiger partial charge in [-0.3, -0.25) is 0 Å². The van der Waals surface area contributed by atoms with Gasteiger partial charge >= 0.3 is 0 Å². The fourth-order valence-electron chi connectivity index (χ4n) is 1.19. The summed E-state index contributed by atoms with van der Waals surface area (Å²) < 4.78 is 0. The molecule has 60 valence electrons. The molecule has 0 rings (SSSR count). The maximum absolute atomic E-state index is 2.32. The molecule has 0 radical (unpaired) electrons. The third-order valence-corrected chi connectivity index (χ3v) is 1.54. The van der Waals surface area contributed by atoms with Crippen LogP contribution in [0.4, 0.5) is 0 Å². The first-order valence-electron chi connectivity index (χ1n) is 4.33. The van der Waals surface area contributed by atoms with Crippen LogP contribution in [0.1, 0.15) is 40.5 Å². The molecule has 0 fully saturated rings. The zero-order valence-corrected chi connectivity index (χ0v) is 7.72. The van der Waals surface area contributed by atoms with E-state index in [9.17, 15) is 0 Å². The third kappa shape index (κ3) is 5.87. The largest absolute Gasteiger partial charge is 0.0885 e. The van der Waals surface area contributed by atoms with Crippen LogP contribution in [0.15, 0.2) is 12.2 Å². The summed E-state index contributed by atoms with van der Waals surface area (Å²) in [6.07, 6.45) is 7.06. The van der Waals surface area contributed by atoms with Crippen LogP contribution in [0.25, 0.3) is 0 Å². The normalized spacial score (nSPS) is 14.9. The van der Waals surface area contributed by atoms with E-state index >= 15 is 0 Å². The third-order valence-electron chi connectivity index (χ3n) is 1.54. The lowest BCUT2D eigenvalue weighted by Gasteiger charge is -2.08. The van der Waals surface area contributed by atoms with Crippen molar-refractivity contribution in [1.29, 1.82) is 0 Å². The molecule has 10 heavy (non-hydrogen) atoms. The smallest absolute Gasteiger partial charge is 0.0260 e. The predicted molar refractivity (Wildman–Crippen MR) is 48.1 cm³/mol. The summed E-state index contributed by atoms with van der Waals surface area (Å²) in [6.45, 7) is 9.01. The van der Waals surface area contributed by atoms with Gasteiger partial charge in [0.2, 0.25) is 0 Å².